The van der Waals surface area contributed by atoms with Crippen LogP contribution in [0, 0.1) is 6.92 Å². The zero-order chi connectivity index (χ0) is 18.7. The highest BCUT2D eigenvalue weighted by molar-refractivity contribution is 7.89. The number of carbonyl (C=O) groups excluding carboxylic acids is 1. The second kappa shape index (κ2) is 7.78. The van der Waals surface area contributed by atoms with Crippen LogP contribution in [-0.2, 0) is 14.8 Å². The van der Waals surface area contributed by atoms with E-state index in [0.29, 0.717) is 23.7 Å². The van der Waals surface area contributed by atoms with Gasteiger partial charge in [0.1, 0.15) is 6.04 Å². The number of aryl methyl sites for hydroxylation is 1. The predicted molar refractivity (Wildman–Crippen MR) is 103 cm³/mol. The molecule has 0 aromatic heterocycles. The Morgan fingerprint density at radius 3 is 2.38 bits per heavy atom. The minimum absolute atomic E-state index is 0.217. The summed E-state index contributed by atoms with van der Waals surface area (Å²) < 4.78 is 27.4. The van der Waals surface area contributed by atoms with Gasteiger partial charge >= 0.3 is 0 Å². The molecule has 2 aromatic rings. The number of anilines is 1. The third-order valence-corrected chi connectivity index (χ3v) is 6.67. The predicted octanol–water partition coefficient (Wildman–Crippen LogP) is 3.83. The van der Waals surface area contributed by atoms with Gasteiger partial charge in [-0.2, -0.15) is 4.31 Å². The van der Waals surface area contributed by atoms with Gasteiger partial charge in [0.15, 0.2) is 0 Å². The summed E-state index contributed by atoms with van der Waals surface area (Å²) >= 11 is 5.86. The third-order valence-electron chi connectivity index (χ3n) is 4.50. The first-order chi connectivity index (χ1) is 12.4. The van der Waals surface area contributed by atoms with Crippen molar-refractivity contribution >= 4 is 33.2 Å². The van der Waals surface area contributed by atoms with Gasteiger partial charge < -0.3 is 5.32 Å². The molecule has 1 atom stereocenters. The molecule has 1 amide bonds. The SMILES string of the molecule is Cc1ccc(S(=O)(=O)N2CCCC[C@@H]2C(=O)Nc2ccc(Cl)cc2)cc1. The first-order valence-electron chi connectivity index (χ1n) is 8.53. The Morgan fingerprint density at radius 2 is 1.73 bits per heavy atom. The summed E-state index contributed by atoms with van der Waals surface area (Å²) in [6.07, 6.45) is 2.07. The van der Waals surface area contributed by atoms with Crippen molar-refractivity contribution in [2.45, 2.75) is 37.1 Å². The van der Waals surface area contributed by atoms with Gasteiger partial charge in [0, 0.05) is 17.3 Å². The van der Waals surface area contributed by atoms with Crippen LogP contribution in [0.4, 0.5) is 5.69 Å². The van der Waals surface area contributed by atoms with Crippen molar-refractivity contribution in [2.24, 2.45) is 0 Å². The Bertz CT molecular complexity index is 880. The van der Waals surface area contributed by atoms with Crippen molar-refractivity contribution in [3.05, 3.63) is 59.1 Å². The minimum atomic E-state index is -3.72. The van der Waals surface area contributed by atoms with E-state index >= 15 is 0 Å². The number of nitrogens with one attached hydrogen (secondary N) is 1. The maximum atomic E-state index is 13.0. The van der Waals surface area contributed by atoms with Crippen LogP contribution in [0.3, 0.4) is 0 Å². The molecule has 1 heterocycles. The van der Waals surface area contributed by atoms with Crippen molar-refractivity contribution in [3.63, 3.8) is 0 Å². The van der Waals surface area contributed by atoms with Crippen LogP contribution in [0.2, 0.25) is 5.02 Å². The fourth-order valence-electron chi connectivity index (χ4n) is 3.06. The van der Waals surface area contributed by atoms with Gasteiger partial charge in [-0.25, -0.2) is 8.42 Å². The number of nitrogens with zero attached hydrogens (tertiary/aromatic N) is 1. The molecule has 26 heavy (non-hydrogen) atoms. The van der Waals surface area contributed by atoms with Crippen LogP contribution in [-0.4, -0.2) is 31.2 Å². The monoisotopic (exact) mass is 392 g/mol. The first kappa shape index (κ1) is 18.9. The number of piperidine rings is 1. The lowest BCUT2D eigenvalue weighted by Gasteiger charge is -2.33. The van der Waals surface area contributed by atoms with E-state index in [9.17, 15) is 13.2 Å². The highest BCUT2D eigenvalue weighted by Gasteiger charge is 2.37. The summed E-state index contributed by atoms with van der Waals surface area (Å²) in [5, 5.41) is 3.37. The van der Waals surface area contributed by atoms with Crippen molar-refractivity contribution < 1.29 is 13.2 Å². The molecule has 0 saturated carbocycles. The standard InChI is InChI=1S/C19H21ClN2O3S/c1-14-5-11-17(12-6-14)26(24,25)22-13-3-2-4-18(22)19(23)21-16-9-7-15(20)8-10-16/h5-12,18H,2-4,13H2,1H3,(H,21,23)/t18-/m1/s1. The van der Waals surface area contributed by atoms with E-state index in [0.717, 1.165) is 18.4 Å². The summed E-state index contributed by atoms with van der Waals surface area (Å²) in [7, 11) is -3.72. The quantitative estimate of drug-likeness (QED) is 0.859. The van der Waals surface area contributed by atoms with Gasteiger partial charge in [0.2, 0.25) is 15.9 Å². The molecule has 3 rings (SSSR count). The molecule has 0 spiro atoms. The van der Waals surface area contributed by atoms with Gasteiger partial charge in [-0.1, -0.05) is 35.7 Å². The number of rotatable bonds is 4. The molecule has 7 heteroatoms. The lowest BCUT2D eigenvalue weighted by molar-refractivity contribution is -0.120. The van der Waals surface area contributed by atoms with Gasteiger partial charge in [0.05, 0.1) is 4.90 Å². The topological polar surface area (TPSA) is 66.5 Å². The molecule has 0 bridgehead atoms. The van der Waals surface area contributed by atoms with Gasteiger partial charge in [-0.15, -0.1) is 0 Å². The van der Waals surface area contributed by atoms with E-state index in [1.165, 1.54) is 4.31 Å². The lowest BCUT2D eigenvalue weighted by atomic mass is 10.0. The van der Waals surface area contributed by atoms with E-state index in [4.69, 9.17) is 11.6 Å². The zero-order valence-electron chi connectivity index (χ0n) is 14.5. The zero-order valence-corrected chi connectivity index (χ0v) is 16.1. The van der Waals surface area contributed by atoms with Crippen molar-refractivity contribution in [2.75, 3.05) is 11.9 Å². The second-order valence-corrected chi connectivity index (χ2v) is 8.76. The maximum absolute atomic E-state index is 13.0. The minimum Gasteiger partial charge on any atom is -0.325 e. The van der Waals surface area contributed by atoms with Crippen molar-refractivity contribution in [3.8, 4) is 0 Å². The average molecular weight is 393 g/mol. The van der Waals surface area contributed by atoms with Crippen LogP contribution in [0.25, 0.3) is 0 Å². The molecule has 1 aliphatic rings. The molecule has 2 aromatic carbocycles. The summed E-state index contributed by atoms with van der Waals surface area (Å²) in [5.41, 5.74) is 1.58. The molecule has 0 unspecified atom stereocenters. The first-order valence-corrected chi connectivity index (χ1v) is 10.3. The van der Waals surface area contributed by atoms with Crippen LogP contribution in [0.5, 0.6) is 0 Å². The highest BCUT2D eigenvalue weighted by Crippen LogP contribution is 2.26. The van der Waals surface area contributed by atoms with Gasteiger partial charge in [0.25, 0.3) is 0 Å². The lowest BCUT2D eigenvalue weighted by Crippen LogP contribution is -2.49. The van der Waals surface area contributed by atoms with E-state index in [1.807, 2.05) is 6.92 Å². The van der Waals surface area contributed by atoms with Crippen LogP contribution in [0.1, 0.15) is 24.8 Å². The molecule has 138 valence electrons. The fourth-order valence-corrected chi connectivity index (χ4v) is 4.84. The van der Waals surface area contributed by atoms with Crippen molar-refractivity contribution in [1.29, 1.82) is 0 Å². The van der Waals surface area contributed by atoms with Crippen LogP contribution < -0.4 is 5.32 Å². The van der Waals surface area contributed by atoms with Gasteiger partial charge in [-0.05, 0) is 56.2 Å². The number of amides is 1. The molecule has 1 saturated heterocycles. The van der Waals surface area contributed by atoms with Crippen LogP contribution in [0.15, 0.2) is 53.4 Å². The van der Waals surface area contributed by atoms with E-state index in [1.54, 1.807) is 48.5 Å². The normalized spacial score (nSPS) is 18.5. The third kappa shape index (κ3) is 4.09. The Morgan fingerprint density at radius 1 is 1.08 bits per heavy atom. The summed E-state index contributed by atoms with van der Waals surface area (Å²) in [5.74, 6) is -0.317. The van der Waals surface area contributed by atoms with Gasteiger partial charge in [-0.3, -0.25) is 4.79 Å². The molecule has 0 radical (unpaired) electrons. The Hall–Kier alpha value is -1.89. The van der Waals surface area contributed by atoms with Crippen LogP contribution >= 0.6 is 11.6 Å². The Balaban J connectivity index is 1.83. The number of carbonyl (C=O) groups is 1. The van der Waals surface area contributed by atoms with E-state index < -0.39 is 16.1 Å². The molecule has 1 fully saturated rings. The molecular formula is C19H21ClN2O3S. The molecular weight excluding hydrogens is 372 g/mol. The highest BCUT2D eigenvalue weighted by atomic mass is 35.5. The van der Waals surface area contributed by atoms with E-state index in [-0.39, 0.29) is 10.8 Å². The number of sulfonamides is 1. The Kier molecular flexibility index (Phi) is 5.65. The second-order valence-electron chi connectivity index (χ2n) is 6.44. The molecule has 0 aliphatic carbocycles. The van der Waals surface area contributed by atoms with Crippen molar-refractivity contribution in [1.82, 2.24) is 4.31 Å². The maximum Gasteiger partial charge on any atom is 0.243 e. The fraction of sp³-hybridized carbons (Fsp3) is 0.316. The number of hydrogen-bond donors (Lipinski definition) is 1. The number of halogens is 1. The summed E-state index contributed by atoms with van der Waals surface area (Å²) in [4.78, 5) is 13.0. The smallest absolute Gasteiger partial charge is 0.243 e. The average Bonchev–Trinajstić information content (AvgIpc) is 2.64. The molecule has 1 N–H and O–H groups in total. The molecule has 1 aliphatic heterocycles. The Labute approximate surface area is 159 Å². The largest absolute Gasteiger partial charge is 0.325 e. The summed E-state index contributed by atoms with van der Waals surface area (Å²) in [6, 6.07) is 12.7. The van der Waals surface area contributed by atoms with E-state index in [2.05, 4.69) is 5.32 Å². The summed E-state index contributed by atoms with van der Waals surface area (Å²) in [6.45, 7) is 2.24. The number of benzene rings is 2. The molecule has 5 nitrogen and oxygen atoms in total. The number of hydrogen-bond acceptors (Lipinski definition) is 3.